The topological polar surface area (TPSA) is 66.8 Å². The lowest BCUT2D eigenvalue weighted by molar-refractivity contribution is -0.267. The molecule has 27 heavy (non-hydrogen) atoms. The third-order valence-corrected chi connectivity index (χ3v) is 10.4. The van der Waals surface area contributed by atoms with Crippen molar-refractivity contribution in [1.29, 1.82) is 0 Å². The van der Waals surface area contributed by atoms with E-state index in [2.05, 4.69) is 18.4 Å². The van der Waals surface area contributed by atoms with Gasteiger partial charge in [-0.05, 0) is 30.6 Å². The molecule has 0 aromatic carbocycles. The highest BCUT2D eigenvalue weighted by molar-refractivity contribution is 5.83. The summed E-state index contributed by atoms with van der Waals surface area (Å²) in [5, 5.41) is 11.4. The molecule has 6 saturated carbocycles. The van der Waals surface area contributed by atoms with Gasteiger partial charge in [0.05, 0.1) is 6.10 Å². The molecule has 3 heterocycles. The molecule has 6 aliphatic carbocycles. The highest BCUT2D eigenvalue weighted by atomic mass is 16.6. The van der Waals surface area contributed by atoms with Crippen LogP contribution in [0.5, 0.6) is 0 Å². The van der Waals surface area contributed by atoms with E-state index in [1.807, 2.05) is 0 Å². The minimum atomic E-state index is -0.597. The lowest BCUT2D eigenvalue weighted by Gasteiger charge is -2.68. The fourth-order valence-electron chi connectivity index (χ4n) is 10.7. The van der Waals surface area contributed by atoms with E-state index < -0.39 is 11.7 Å². The average molecular weight is 369 g/mol. The standard InChI is InChI=1S/C22H27NO4/c1-10-4-20-8-14-17-19(3)5-12(25)6-21(17)18(23(14)9-19)15(20)16(26)13(10)7-22(20,21)27-11(2)24/h13-18,26H,1,4-9H2,2-3H3/t13-,14-,15+,16-,17+,18+,19+,20-,21+,22-/m0/s1. The van der Waals surface area contributed by atoms with E-state index in [9.17, 15) is 14.7 Å². The zero-order valence-corrected chi connectivity index (χ0v) is 16.0. The molecule has 0 amide bonds. The zero-order valence-electron chi connectivity index (χ0n) is 16.0. The number of piperidine rings is 2. The maximum atomic E-state index is 13.0. The molecule has 1 N–H and O–H groups in total. The summed E-state index contributed by atoms with van der Waals surface area (Å²) >= 11 is 0. The summed E-state index contributed by atoms with van der Waals surface area (Å²) in [4.78, 5) is 28.1. The van der Waals surface area contributed by atoms with Crippen LogP contribution in [-0.2, 0) is 14.3 Å². The number of hydrogen-bond donors (Lipinski definition) is 1. The Kier molecular flexibility index (Phi) is 2.28. The molecule has 2 spiro atoms. The predicted molar refractivity (Wildman–Crippen MR) is 95.5 cm³/mol. The van der Waals surface area contributed by atoms with Gasteiger partial charge >= 0.3 is 5.97 Å². The van der Waals surface area contributed by atoms with Gasteiger partial charge in [0.1, 0.15) is 11.4 Å². The molecule has 9 rings (SSSR count). The Hall–Kier alpha value is -1.20. The predicted octanol–water partition coefficient (Wildman–Crippen LogP) is 1.69. The summed E-state index contributed by atoms with van der Waals surface area (Å²) in [5.74, 6) is 0.614. The summed E-state index contributed by atoms with van der Waals surface area (Å²) in [6.07, 6.45) is 3.28. The number of carbonyl (C=O) groups excluding carboxylic acids is 2. The molecule has 5 nitrogen and oxygen atoms in total. The molecule has 1 unspecified atom stereocenters. The number of hydrogen-bond acceptors (Lipinski definition) is 5. The van der Waals surface area contributed by atoms with E-state index in [0.29, 0.717) is 37.0 Å². The number of rotatable bonds is 1. The molecular formula is C22H27NO4. The fourth-order valence-corrected chi connectivity index (χ4v) is 10.7. The number of fused-ring (bicyclic) bond motifs is 1. The van der Waals surface area contributed by atoms with Gasteiger partial charge in [-0.1, -0.05) is 19.1 Å². The van der Waals surface area contributed by atoms with Crippen LogP contribution in [0.3, 0.4) is 0 Å². The summed E-state index contributed by atoms with van der Waals surface area (Å²) in [7, 11) is 0. The van der Waals surface area contributed by atoms with Crippen LogP contribution in [0.4, 0.5) is 0 Å². The molecule has 9 fully saturated rings. The van der Waals surface area contributed by atoms with Crippen LogP contribution in [0.15, 0.2) is 12.2 Å². The normalized spacial score (nSPS) is 66.0. The monoisotopic (exact) mass is 369 g/mol. The van der Waals surface area contributed by atoms with E-state index in [0.717, 1.165) is 25.0 Å². The van der Waals surface area contributed by atoms with Crippen LogP contribution >= 0.6 is 0 Å². The molecule has 3 aliphatic heterocycles. The molecule has 0 radical (unpaired) electrons. The second kappa shape index (κ2) is 3.93. The van der Waals surface area contributed by atoms with Gasteiger partial charge in [-0.2, -0.15) is 0 Å². The van der Waals surface area contributed by atoms with E-state index in [1.165, 1.54) is 6.92 Å². The molecule has 11 atom stereocenters. The van der Waals surface area contributed by atoms with Gasteiger partial charge in [-0.15, -0.1) is 0 Å². The first-order chi connectivity index (χ1) is 12.7. The second-order valence-electron chi connectivity index (χ2n) is 11.2. The lowest BCUT2D eigenvalue weighted by Crippen LogP contribution is -2.73. The van der Waals surface area contributed by atoms with Crippen molar-refractivity contribution in [3.8, 4) is 0 Å². The number of carbonyl (C=O) groups is 2. The van der Waals surface area contributed by atoms with Gasteiger partial charge < -0.3 is 9.84 Å². The second-order valence-corrected chi connectivity index (χ2v) is 11.2. The Morgan fingerprint density at radius 2 is 2.07 bits per heavy atom. The molecule has 5 heteroatoms. The number of ether oxygens (including phenoxy) is 1. The third kappa shape index (κ3) is 1.20. The molecule has 0 aromatic heterocycles. The maximum absolute atomic E-state index is 13.0. The van der Waals surface area contributed by atoms with Gasteiger partial charge in [0.15, 0.2) is 0 Å². The van der Waals surface area contributed by atoms with Crippen LogP contribution < -0.4 is 0 Å². The van der Waals surface area contributed by atoms with E-state index in [-0.39, 0.29) is 40.1 Å². The maximum Gasteiger partial charge on any atom is 0.303 e. The van der Waals surface area contributed by atoms with Gasteiger partial charge in [-0.25, -0.2) is 0 Å². The molecule has 144 valence electrons. The largest absolute Gasteiger partial charge is 0.458 e. The third-order valence-electron chi connectivity index (χ3n) is 10.4. The first-order valence-electron chi connectivity index (χ1n) is 10.5. The molecule has 3 saturated heterocycles. The van der Waals surface area contributed by atoms with Gasteiger partial charge in [-0.3, -0.25) is 14.5 Å². The highest BCUT2D eigenvalue weighted by Gasteiger charge is 2.95. The first-order valence-corrected chi connectivity index (χ1v) is 10.5. The van der Waals surface area contributed by atoms with Crippen LogP contribution in [0.25, 0.3) is 0 Å². The highest BCUT2D eigenvalue weighted by Crippen LogP contribution is 2.88. The van der Waals surface area contributed by atoms with Gasteiger partial charge in [0.2, 0.25) is 0 Å². The van der Waals surface area contributed by atoms with E-state index in [4.69, 9.17) is 4.74 Å². The first kappa shape index (κ1) is 15.7. The van der Waals surface area contributed by atoms with E-state index in [1.54, 1.807) is 0 Å². The number of esters is 1. The van der Waals surface area contributed by atoms with Crippen molar-refractivity contribution in [1.82, 2.24) is 4.90 Å². The van der Waals surface area contributed by atoms with Crippen molar-refractivity contribution >= 4 is 11.8 Å². The fraction of sp³-hybridized carbons (Fsp3) is 0.818. The lowest BCUT2D eigenvalue weighted by atomic mass is 9.38. The van der Waals surface area contributed by atoms with Gasteiger partial charge in [0, 0.05) is 61.1 Å². The Morgan fingerprint density at radius 1 is 1.30 bits per heavy atom. The number of Topliss-reactive ketones (excluding diaryl/α,β-unsaturated/α-hetero) is 1. The Balaban J connectivity index is 1.57. The zero-order chi connectivity index (χ0) is 18.7. The van der Waals surface area contributed by atoms with Crippen molar-refractivity contribution in [3.05, 3.63) is 12.2 Å². The quantitative estimate of drug-likeness (QED) is 0.563. The van der Waals surface area contributed by atoms with Gasteiger partial charge in [0.25, 0.3) is 0 Å². The van der Waals surface area contributed by atoms with Crippen molar-refractivity contribution in [2.75, 3.05) is 6.54 Å². The average Bonchev–Trinajstić information content (AvgIpc) is 2.95. The smallest absolute Gasteiger partial charge is 0.303 e. The van der Waals surface area contributed by atoms with Crippen molar-refractivity contribution < 1.29 is 19.4 Å². The van der Waals surface area contributed by atoms with Crippen molar-refractivity contribution in [2.45, 2.75) is 69.7 Å². The SMILES string of the molecule is C=C1C[C@]23C[C@H]4[C@@H]5[C@]6(C)CC(=O)C[C@]57[C@@H]([C@H]2[C@@H](O)[C@H]1C[C@]37OC(C)=O)N4C6. The van der Waals surface area contributed by atoms with Crippen molar-refractivity contribution in [3.63, 3.8) is 0 Å². The van der Waals surface area contributed by atoms with Crippen molar-refractivity contribution in [2.24, 2.45) is 34.0 Å². The number of ketones is 1. The Morgan fingerprint density at radius 3 is 2.81 bits per heavy atom. The molecule has 9 aliphatic rings. The van der Waals surface area contributed by atoms with Crippen LogP contribution in [0.1, 0.15) is 46.0 Å². The molecule has 9 bridgehead atoms. The number of nitrogens with zero attached hydrogens (tertiary/aromatic N) is 1. The van der Waals surface area contributed by atoms with Crippen LogP contribution in [0.2, 0.25) is 0 Å². The minimum Gasteiger partial charge on any atom is -0.458 e. The Labute approximate surface area is 159 Å². The summed E-state index contributed by atoms with van der Waals surface area (Å²) < 4.78 is 6.41. The Bertz CT molecular complexity index is 868. The summed E-state index contributed by atoms with van der Waals surface area (Å²) in [5.41, 5.74) is -0.00331. The number of aliphatic hydroxyl groups excluding tert-OH is 1. The minimum absolute atomic E-state index is 0.00312. The van der Waals surface area contributed by atoms with Crippen LogP contribution in [-0.4, -0.2) is 52.1 Å². The van der Waals surface area contributed by atoms with E-state index >= 15 is 0 Å². The van der Waals surface area contributed by atoms with Crippen LogP contribution in [0, 0.1) is 34.0 Å². The molecular weight excluding hydrogens is 342 g/mol. The number of aliphatic hydroxyl groups is 1. The summed E-state index contributed by atoms with van der Waals surface area (Å²) in [6.45, 7) is 9.08. The molecule has 0 aromatic rings. The summed E-state index contributed by atoms with van der Waals surface area (Å²) in [6, 6.07) is 0.661.